The molecule has 82 valence electrons. The van der Waals surface area contributed by atoms with Crippen LogP contribution in [0.3, 0.4) is 0 Å². The second-order valence-electron chi connectivity index (χ2n) is 2.61. The van der Waals surface area contributed by atoms with Crippen LogP contribution in [0.2, 0.25) is 5.02 Å². The zero-order chi connectivity index (χ0) is 11.4. The van der Waals surface area contributed by atoms with E-state index in [1.54, 1.807) is 0 Å². The topological polar surface area (TPSA) is 78.5 Å². The Kier molecular flexibility index (Phi) is 4.07. The van der Waals surface area contributed by atoms with E-state index in [-0.39, 0.29) is 16.7 Å². The lowest BCUT2D eigenvalue weighted by molar-refractivity contribution is -0.114. The number of carbonyl (C=O) groups excluding carboxylic acids is 1. The molecule has 1 unspecified atom stereocenters. The molecule has 1 aromatic carbocycles. The Balaban J connectivity index is 2.87. The highest BCUT2D eigenvalue weighted by Gasteiger charge is 2.04. The quantitative estimate of drug-likeness (QED) is 0.822. The van der Waals surface area contributed by atoms with Crippen LogP contribution in [0.5, 0.6) is 5.75 Å². The van der Waals surface area contributed by atoms with Crippen LogP contribution >= 0.6 is 11.6 Å². The molecule has 5 nitrogen and oxygen atoms in total. The second-order valence-corrected chi connectivity index (χ2v) is 3.59. The van der Waals surface area contributed by atoms with Gasteiger partial charge in [-0.05, 0) is 12.1 Å². The van der Waals surface area contributed by atoms with Gasteiger partial charge in [0.25, 0.3) is 0 Å². The molecular formula is C8H7ClNO4S-. The molecule has 0 aliphatic heterocycles. The Morgan fingerprint density at radius 2 is 2.27 bits per heavy atom. The highest BCUT2D eigenvalue weighted by Crippen LogP contribution is 2.26. The average molecular weight is 249 g/mol. The number of carbonyl (C=O) groups is 1. The van der Waals surface area contributed by atoms with Crippen LogP contribution in [0.25, 0.3) is 0 Å². The Morgan fingerprint density at radius 1 is 1.60 bits per heavy atom. The van der Waals surface area contributed by atoms with Crippen LogP contribution in [0, 0.1) is 0 Å². The van der Waals surface area contributed by atoms with Gasteiger partial charge in [0.1, 0.15) is 17.1 Å². The average Bonchev–Trinajstić information content (AvgIpc) is 2.08. The molecular weight excluding hydrogens is 242 g/mol. The Hall–Kier alpha value is -1.11. The summed E-state index contributed by atoms with van der Waals surface area (Å²) in [4.78, 5) is 10.7. The van der Waals surface area contributed by atoms with E-state index in [9.17, 15) is 13.6 Å². The molecule has 15 heavy (non-hydrogen) atoms. The Morgan fingerprint density at radius 3 is 2.73 bits per heavy atom. The lowest BCUT2D eigenvalue weighted by Crippen LogP contribution is -2.06. The van der Waals surface area contributed by atoms with Gasteiger partial charge in [-0.1, -0.05) is 11.6 Å². The van der Waals surface area contributed by atoms with E-state index in [1.807, 2.05) is 0 Å². The van der Waals surface area contributed by atoms with Crippen molar-refractivity contribution in [3.8, 4) is 5.75 Å². The first-order valence-electron chi connectivity index (χ1n) is 3.84. The molecule has 7 heteroatoms. The normalized spacial score (nSPS) is 11.9. The molecule has 1 atom stereocenters. The summed E-state index contributed by atoms with van der Waals surface area (Å²) in [5, 5.41) is 2.68. The van der Waals surface area contributed by atoms with Gasteiger partial charge >= 0.3 is 0 Å². The number of anilines is 1. The molecule has 0 aliphatic carbocycles. The second kappa shape index (κ2) is 5.11. The van der Waals surface area contributed by atoms with Gasteiger partial charge in [0.15, 0.2) is 0 Å². The summed E-state index contributed by atoms with van der Waals surface area (Å²) in [7, 11) is 0. The van der Waals surface area contributed by atoms with Gasteiger partial charge in [-0.25, -0.2) is 4.21 Å². The van der Waals surface area contributed by atoms with E-state index in [0.717, 1.165) is 0 Å². The van der Waals surface area contributed by atoms with Crippen molar-refractivity contribution in [2.24, 2.45) is 0 Å². The van der Waals surface area contributed by atoms with Crippen molar-refractivity contribution < 1.29 is 17.7 Å². The summed E-state index contributed by atoms with van der Waals surface area (Å²) in [6, 6.07) is 4.13. The maximum Gasteiger partial charge on any atom is 0.221 e. The van der Waals surface area contributed by atoms with Gasteiger partial charge in [-0.15, -0.1) is 0 Å². The van der Waals surface area contributed by atoms with Gasteiger partial charge < -0.3 is 14.1 Å². The fourth-order valence-electron chi connectivity index (χ4n) is 0.917. The number of halogens is 1. The highest BCUT2D eigenvalue weighted by atomic mass is 35.5. The molecule has 0 fully saturated rings. The van der Waals surface area contributed by atoms with Crippen molar-refractivity contribution in [2.45, 2.75) is 6.92 Å². The van der Waals surface area contributed by atoms with Crippen molar-refractivity contribution >= 4 is 34.6 Å². The van der Waals surface area contributed by atoms with Gasteiger partial charge in [0.2, 0.25) is 5.91 Å². The summed E-state index contributed by atoms with van der Waals surface area (Å²) in [5.41, 5.74) is 0.396. The molecule has 0 saturated heterocycles. The van der Waals surface area contributed by atoms with E-state index in [4.69, 9.17) is 11.6 Å². The molecule has 0 bridgehead atoms. The maximum absolute atomic E-state index is 10.7. The molecule has 0 radical (unpaired) electrons. The van der Waals surface area contributed by atoms with E-state index in [2.05, 4.69) is 9.50 Å². The first-order valence-corrected chi connectivity index (χ1v) is 5.21. The molecule has 1 amide bonds. The first kappa shape index (κ1) is 12.0. The van der Waals surface area contributed by atoms with Crippen LogP contribution in [-0.2, 0) is 16.2 Å². The van der Waals surface area contributed by atoms with E-state index in [1.165, 1.54) is 25.1 Å². The van der Waals surface area contributed by atoms with E-state index >= 15 is 0 Å². The van der Waals surface area contributed by atoms with Crippen LogP contribution in [0.1, 0.15) is 6.92 Å². The number of hydrogen-bond donors (Lipinski definition) is 1. The number of benzene rings is 1. The summed E-state index contributed by atoms with van der Waals surface area (Å²) >= 11 is 3.12. The summed E-state index contributed by atoms with van der Waals surface area (Å²) in [6.07, 6.45) is 0. The number of rotatable bonds is 3. The molecule has 1 aromatic rings. The SMILES string of the molecule is CC(=O)Nc1ccc(OS(=O)[O-])cc1Cl. The van der Waals surface area contributed by atoms with Gasteiger partial charge in [0, 0.05) is 13.0 Å². The minimum Gasteiger partial charge on any atom is -0.740 e. The third-order valence-electron chi connectivity index (χ3n) is 1.42. The lowest BCUT2D eigenvalue weighted by atomic mass is 10.3. The largest absolute Gasteiger partial charge is 0.740 e. The minimum atomic E-state index is -2.64. The van der Waals surface area contributed by atoms with E-state index in [0.29, 0.717) is 5.69 Å². The van der Waals surface area contributed by atoms with Gasteiger partial charge in [0.05, 0.1) is 10.7 Å². The predicted octanol–water partition coefficient (Wildman–Crippen LogP) is 1.47. The number of nitrogens with one attached hydrogen (secondary N) is 1. The third-order valence-corrected chi connectivity index (χ3v) is 2.06. The van der Waals surface area contributed by atoms with Gasteiger partial charge in [-0.2, -0.15) is 0 Å². The Bertz CT molecular complexity index is 410. The predicted molar refractivity (Wildman–Crippen MR) is 55.3 cm³/mol. The van der Waals surface area contributed by atoms with Gasteiger partial charge in [-0.3, -0.25) is 4.79 Å². The smallest absolute Gasteiger partial charge is 0.221 e. The van der Waals surface area contributed by atoms with Crippen LogP contribution in [0.4, 0.5) is 5.69 Å². The molecule has 1 N–H and O–H groups in total. The third kappa shape index (κ3) is 3.86. The van der Waals surface area contributed by atoms with Crippen LogP contribution < -0.4 is 9.50 Å². The fourth-order valence-corrected chi connectivity index (χ4v) is 1.40. The van der Waals surface area contributed by atoms with Crippen LogP contribution in [0.15, 0.2) is 18.2 Å². The maximum atomic E-state index is 10.7. The Labute approximate surface area is 93.9 Å². The molecule has 0 spiro atoms. The number of amides is 1. The van der Waals surface area contributed by atoms with Crippen molar-refractivity contribution in [3.63, 3.8) is 0 Å². The molecule has 0 heterocycles. The van der Waals surface area contributed by atoms with Crippen molar-refractivity contribution in [2.75, 3.05) is 5.32 Å². The first-order chi connectivity index (χ1) is 6.99. The molecule has 0 aromatic heterocycles. The zero-order valence-corrected chi connectivity index (χ0v) is 9.22. The minimum absolute atomic E-state index is 0.0856. The summed E-state index contributed by atoms with van der Waals surface area (Å²) < 4.78 is 24.8. The van der Waals surface area contributed by atoms with E-state index < -0.39 is 11.4 Å². The number of hydrogen-bond acceptors (Lipinski definition) is 4. The summed E-state index contributed by atoms with van der Waals surface area (Å²) in [5.74, 6) is -0.180. The van der Waals surface area contributed by atoms with Crippen molar-refractivity contribution in [3.05, 3.63) is 23.2 Å². The monoisotopic (exact) mass is 248 g/mol. The molecule has 0 aliphatic rings. The zero-order valence-electron chi connectivity index (χ0n) is 7.65. The van der Waals surface area contributed by atoms with Crippen molar-refractivity contribution in [1.82, 2.24) is 0 Å². The summed E-state index contributed by atoms with van der Waals surface area (Å²) in [6.45, 7) is 1.34. The highest BCUT2D eigenvalue weighted by molar-refractivity contribution is 7.74. The van der Waals surface area contributed by atoms with Crippen molar-refractivity contribution in [1.29, 1.82) is 0 Å². The molecule has 0 saturated carbocycles. The molecule has 1 rings (SSSR count). The standard InChI is InChI=1S/C8H8ClNO4S/c1-5(11)10-8-3-2-6(4-7(8)9)14-15(12)13/h2-4H,1H3,(H,10,11)(H,12,13)/p-1. The fraction of sp³-hybridized carbons (Fsp3) is 0.125. The lowest BCUT2D eigenvalue weighted by Gasteiger charge is -2.09. The van der Waals surface area contributed by atoms with Crippen LogP contribution in [-0.4, -0.2) is 14.7 Å².